The van der Waals surface area contributed by atoms with E-state index in [1.807, 2.05) is 4.90 Å². The standard InChI is InChI=1S/C15H23N3OS/c19-15(18-10-6-16-7-11-18)14(13-5-4-12-20-13)17-8-2-1-3-9-17/h4-5,12,14,16H,1-3,6-11H2. The van der Waals surface area contributed by atoms with Gasteiger partial charge in [0, 0.05) is 31.1 Å². The fraction of sp³-hybridized carbons (Fsp3) is 0.667. The predicted octanol–water partition coefficient (Wildman–Crippen LogP) is 1.71. The number of nitrogens with one attached hydrogen (secondary N) is 1. The van der Waals surface area contributed by atoms with Crippen molar-refractivity contribution in [3.63, 3.8) is 0 Å². The zero-order valence-electron chi connectivity index (χ0n) is 11.9. The number of carbonyl (C=O) groups excluding carboxylic acids is 1. The third-order valence-electron chi connectivity index (χ3n) is 4.23. The molecule has 1 atom stereocenters. The lowest BCUT2D eigenvalue weighted by atomic mass is 10.1. The van der Waals surface area contributed by atoms with Crippen LogP contribution in [0.25, 0.3) is 0 Å². The molecule has 2 aliphatic heterocycles. The maximum absolute atomic E-state index is 13.0. The highest BCUT2D eigenvalue weighted by Crippen LogP contribution is 2.29. The van der Waals surface area contributed by atoms with Crippen molar-refractivity contribution < 1.29 is 4.79 Å². The Morgan fingerprint density at radius 3 is 2.55 bits per heavy atom. The van der Waals surface area contributed by atoms with Gasteiger partial charge in [0.1, 0.15) is 6.04 Å². The number of piperidine rings is 1. The minimum atomic E-state index is -0.0478. The summed E-state index contributed by atoms with van der Waals surface area (Å²) in [5.41, 5.74) is 0. The lowest BCUT2D eigenvalue weighted by Gasteiger charge is -2.37. The number of rotatable bonds is 3. The zero-order valence-corrected chi connectivity index (χ0v) is 12.7. The summed E-state index contributed by atoms with van der Waals surface area (Å²) in [5.74, 6) is 0.302. The molecule has 4 nitrogen and oxygen atoms in total. The number of likely N-dealkylation sites (tertiary alicyclic amines) is 1. The predicted molar refractivity (Wildman–Crippen MR) is 81.9 cm³/mol. The van der Waals surface area contributed by atoms with E-state index >= 15 is 0 Å². The molecule has 2 aliphatic rings. The Morgan fingerprint density at radius 1 is 1.15 bits per heavy atom. The molecule has 3 heterocycles. The van der Waals surface area contributed by atoms with Gasteiger partial charge in [-0.25, -0.2) is 0 Å². The van der Waals surface area contributed by atoms with E-state index in [1.165, 1.54) is 24.1 Å². The molecule has 1 unspecified atom stereocenters. The first-order valence-corrected chi connectivity index (χ1v) is 8.51. The maximum Gasteiger partial charge on any atom is 0.245 e. The summed E-state index contributed by atoms with van der Waals surface area (Å²) in [7, 11) is 0. The van der Waals surface area contributed by atoms with Crippen molar-refractivity contribution in [2.24, 2.45) is 0 Å². The van der Waals surface area contributed by atoms with Gasteiger partial charge in [-0.05, 0) is 37.4 Å². The number of hydrogen-bond donors (Lipinski definition) is 1. The van der Waals surface area contributed by atoms with Gasteiger partial charge in [-0.15, -0.1) is 11.3 Å². The van der Waals surface area contributed by atoms with Crippen molar-refractivity contribution in [3.05, 3.63) is 22.4 Å². The number of hydrogen-bond acceptors (Lipinski definition) is 4. The van der Waals surface area contributed by atoms with Gasteiger partial charge in [0.15, 0.2) is 0 Å². The molecule has 3 rings (SSSR count). The van der Waals surface area contributed by atoms with Crippen LogP contribution in [-0.4, -0.2) is 55.0 Å². The van der Waals surface area contributed by atoms with Crippen LogP contribution in [-0.2, 0) is 4.79 Å². The second kappa shape index (κ2) is 6.70. The first-order chi connectivity index (χ1) is 9.86. The molecule has 0 bridgehead atoms. The third kappa shape index (κ3) is 3.05. The molecular formula is C15H23N3OS. The van der Waals surface area contributed by atoms with Crippen LogP contribution in [0.15, 0.2) is 17.5 Å². The highest BCUT2D eigenvalue weighted by Gasteiger charge is 2.33. The van der Waals surface area contributed by atoms with Gasteiger partial charge in [0.05, 0.1) is 0 Å². The minimum Gasteiger partial charge on any atom is -0.338 e. The van der Waals surface area contributed by atoms with Crippen LogP contribution in [0.3, 0.4) is 0 Å². The van der Waals surface area contributed by atoms with Crippen molar-refractivity contribution in [2.75, 3.05) is 39.3 Å². The number of carbonyl (C=O) groups is 1. The van der Waals surface area contributed by atoms with Crippen LogP contribution in [0.4, 0.5) is 0 Å². The SMILES string of the molecule is O=C(C(c1cccs1)N1CCCCC1)N1CCNCC1. The van der Waals surface area contributed by atoms with E-state index in [0.717, 1.165) is 39.3 Å². The van der Waals surface area contributed by atoms with Gasteiger partial charge < -0.3 is 10.2 Å². The topological polar surface area (TPSA) is 35.6 Å². The summed E-state index contributed by atoms with van der Waals surface area (Å²) < 4.78 is 0. The molecule has 0 aliphatic carbocycles. The van der Waals surface area contributed by atoms with Crippen molar-refractivity contribution in [3.8, 4) is 0 Å². The van der Waals surface area contributed by atoms with E-state index in [0.29, 0.717) is 5.91 Å². The Morgan fingerprint density at radius 2 is 1.90 bits per heavy atom. The number of piperazine rings is 1. The first kappa shape index (κ1) is 14.0. The minimum absolute atomic E-state index is 0.0478. The monoisotopic (exact) mass is 293 g/mol. The van der Waals surface area contributed by atoms with Crippen LogP contribution >= 0.6 is 11.3 Å². The first-order valence-electron chi connectivity index (χ1n) is 7.63. The molecular weight excluding hydrogens is 270 g/mol. The molecule has 1 aromatic rings. The molecule has 1 aromatic heterocycles. The van der Waals surface area contributed by atoms with Crippen LogP contribution < -0.4 is 5.32 Å². The molecule has 20 heavy (non-hydrogen) atoms. The zero-order chi connectivity index (χ0) is 13.8. The normalized spacial score (nSPS) is 22.7. The number of thiophene rings is 1. The summed E-state index contributed by atoms with van der Waals surface area (Å²) in [6.07, 6.45) is 3.74. The molecule has 0 radical (unpaired) electrons. The molecule has 0 saturated carbocycles. The molecule has 0 aromatic carbocycles. The van der Waals surface area contributed by atoms with Crippen molar-refractivity contribution in [1.29, 1.82) is 0 Å². The van der Waals surface area contributed by atoms with E-state index < -0.39 is 0 Å². The Hall–Kier alpha value is -0.910. The largest absolute Gasteiger partial charge is 0.338 e. The summed E-state index contributed by atoms with van der Waals surface area (Å²) in [6.45, 7) is 5.63. The molecule has 2 saturated heterocycles. The smallest absolute Gasteiger partial charge is 0.245 e. The summed E-state index contributed by atoms with van der Waals surface area (Å²) >= 11 is 1.71. The lowest BCUT2D eigenvalue weighted by Crippen LogP contribution is -2.51. The second-order valence-electron chi connectivity index (χ2n) is 5.59. The number of nitrogens with zero attached hydrogens (tertiary/aromatic N) is 2. The fourth-order valence-corrected chi connectivity index (χ4v) is 3.99. The summed E-state index contributed by atoms with van der Waals surface area (Å²) in [6, 6.07) is 4.12. The Balaban J connectivity index is 1.78. The van der Waals surface area contributed by atoms with E-state index in [4.69, 9.17) is 0 Å². The molecule has 1 N–H and O–H groups in total. The van der Waals surface area contributed by atoms with Crippen LogP contribution in [0, 0.1) is 0 Å². The van der Waals surface area contributed by atoms with Crippen molar-refractivity contribution in [1.82, 2.24) is 15.1 Å². The van der Waals surface area contributed by atoms with Crippen LogP contribution in [0.1, 0.15) is 30.2 Å². The average Bonchev–Trinajstić information content (AvgIpc) is 3.03. The van der Waals surface area contributed by atoms with Gasteiger partial charge in [-0.2, -0.15) is 0 Å². The summed E-state index contributed by atoms with van der Waals surface area (Å²) in [4.78, 5) is 18.6. The third-order valence-corrected chi connectivity index (χ3v) is 5.16. The second-order valence-corrected chi connectivity index (χ2v) is 6.57. The van der Waals surface area contributed by atoms with E-state index in [9.17, 15) is 4.79 Å². The molecule has 110 valence electrons. The van der Waals surface area contributed by atoms with Gasteiger partial charge in [0.2, 0.25) is 5.91 Å². The van der Waals surface area contributed by atoms with Gasteiger partial charge in [0.25, 0.3) is 0 Å². The molecule has 2 fully saturated rings. The highest BCUT2D eigenvalue weighted by atomic mass is 32.1. The summed E-state index contributed by atoms with van der Waals surface area (Å²) in [5, 5.41) is 5.40. The highest BCUT2D eigenvalue weighted by molar-refractivity contribution is 7.10. The Bertz CT molecular complexity index is 422. The van der Waals surface area contributed by atoms with E-state index in [-0.39, 0.29) is 6.04 Å². The molecule has 0 spiro atoms. The van der Waals surface area contributed by atoms with E-state index in [2.05, 4.69) is 27.7 Å². The van der Waals surface area contributed by atoms with Crippen molar-refractivity contribution in [2.45, 2.75) is 25.3 Å². The Kier molecular flexibility index (Phi) is 4.70. The van der Waals surface area contributed by atoms with Gasteiger partial charge in [-0.3, -0.25) is 9.69 Å². The van der Waals surface area contributed by atoms with Crippen LogP contribution in [0.5, 0.6) is 0 Å². The number of amides is 1. The van der Waals surface area contributed by atoms with Gasteiger partial charge >= 0.3 is 0 Å². The average molecular weight is 293 g/mol. The molecule has 5 heteroatoms. The van der Waals surface area contributed by atoms with Crippen LogP contribution in [0.2, 0.25) is 0 Å². The lowest BCUT2D eigenvalue weighted by molar-refractivity contribution is -0.138. The van der Waals surface area contributed by atoms with Gasteiger partial charge in [-0.1, -0.05) is 12.5 Å². The Labute approximate surface area is 124 Å². The quantitative estimate of drug-likeness (QED) is 0.921. The fourth-order valence-electron chi connectivity index (χ4n) is 3.14. The maximum atomic E-state index is 13.0. The van der Waals surface area contributed by atoms with Crippen molar-refractivity contribution >= 4 is 17.2 Å². The van der Waals surface area contributed by atoms with E-state index in [1.54, 1.807) is 11.3 Å². The molecule has 1 amide bonds.